The van der Waals surface area contributed by atoms with Crippen LogP contribution in [-0.2, 0) is 9.59 Å². The van der Waals surface area contributed by atoms with E-state index in [9.17, 15) is 9.59 Å². The lowest BCUT2D eigenvalue weighted by Gasteiger charge is -1.84. The molecule has 122 valence electrons. The first-order valence-electron chi connectivity index (χ1n) is 7.18. The lowest BCUT2D eigenvalue weighted by Crippen LogP contribution is -1.89. The smallest absolute Gasteiger partial charge is 0.336 e. The number of carbonyl (C=O) groups is 2. The zero-order valence-electron chi connectivity index (χ0n) is 13.2. The van der Waals surface area contributed by atoms with Gasteiger partial charge in [-0.2, -0.15) is 0 Å². The molecular weight excluding hydrogens is 304 g/mol. The summed E-state index contributed by atoms with van der Waals surface area (Å²) in [4.78, 5) is 20.4. The van der Waals surface area contributed by atoms with Crippen molar-refractivity contribution in [3.63, 3.8) is 0 Å². The molecule has 0 aliphatic rings. The molecule has 0 spiro atoms. The Labute approximate surface area is 141 Å². The van der Waals surface area contributed by atoms with Crippen molar-refractivity contribution in [3.05, 3.63) is 83.0 Å². The number of rotatable bonds is 9. The first-order valence-corrected chi connectivity index (χ1v) is 7.18. The standard InChI is InChI=1S/C20H18O4/c21-19(22)17-15-13-11-9-7-5-3-1-2-4-6-8-10-12-14-16-18-20(23)24/h1,3-4,7,9,13,15,18H,2,5,11,17H2,(H,21,22)(H,23,24). The van der Waals surface area contributed by atoms with Crippen molar-refractivity contribution in [2.45, 2.75) is 25.7 Å². The lowest BCUT2D eigenvalue weighted by molar-refractivity contribution is -0.136. The highest BCUT2D eigenvalue weighted by molar-refractivity contribution is 5.79. The van der Waals surface area contributed by atoms with Crippen molar-refractivity contribution in [3.8, 4) is 0 Å². The molecule has 4 heteroatoms. The Bertz CT molecular complexity index is 741. The highest BCUT2D eigenvalue weighted by Crippen LogP contribution is 1.94. The lowest BCUT2D eigenvalue weighted by atomic mass is 10.2. The fourth-order valence-corrected chi connectivity index (χ4v) is 1.23. The molecule has 0 radical (unpaired) electrons. The normalized spacial score (nSPS) is 9.50. The van der Waals surface area contributed by atoms with Gasteiger partial charge in [-0.05, 0) is 48.3 Å². The van der Waals surface area contributed by atoms with Gasteiger partial charge in [-0.25, -0.2) is 4.79 Å². The molecule has 0 aromatic rings. The predicted molar refractivity (Wildman–Crippen MR) is 91.4 cm³/mol. The van der Waals surface area contributed by atoms with Gasteiger partial charge in [0.2, 0.25) is 0 Å². The average molecular weight is 322 g/mol. The molecule has 0 aromatic carbocycles. The third-order valence-electron chi connectivity index (χ3n) is 2.22. The van der Waals surface area contributed by atoms with Crippen LogP contribution in [0.15, 0.2) is 83.0 Å². The van der Waals surface area contributed by atoms with Crippen LogP contribution in [-0.4, -0.2) is 22.2 Å². The summed E-state index contributed by atoms with van der Waals surface area (Å²) in [6, 6.07) is 0. The molecule has 0 atom stereocenters. The zero-order valence-corrected chi connectivity index (χ0v) is 13.2. The van der Waals surface area contributed by atoms with E-state index in [0.29, 0.717) is 6.42 Å². The van der Waals surface area contributed by atoms with Gasteiger partial charge < -0.3 is 10.2 Å². The Kier molecular flexibility index (Phi) is 13.7. The van der Waals surface area contributed by atoms with Crippen molar-refractivity contribution in [2.24, 2.45) is 0 Å². The summed E-state index contributed by atoms with van der Waals surface area (Å²) in [5.74, 6) is -1.92. The topological polar surface area (TPSA) is 74.6 Å². The molecule has 0 amide bonds. The molecular formula is C20H18O4. The third-order valence-corrected chi connectivity index (χ3v) is 2.22. The highest BCUT2D eigenvalue weighted by atomic mass is 16.4. The van der Waals surface area contributed by atoms with Crippen LogP contribution in [0.1, 0.15) is 25.7 Å². The number of allylic oxidation sites excluding steroid dienone is 6. The molecule has 0 fully saturated rings. The van der Waals surface area contributed by atoms with Crippen molar-refractivity contribution < 1.29 is 19.8 Å². The van der Waals surface area contributed by atoms with Gasteiger partial charge in [0, 0.05) is 0 Å². The van der Waals surface area contributed by atoms with E-state index in [4.69, 9.17) is 10.2 Å². The molecule has 0 bridgehead atoms. The molecule has 0 aliphatic carbocycles. The summed E-state index contributed by atoms with van der Waals surface area (Å²) in [7, 11) is 0. The van der Waals surface area contributed by atoms with Crippen LogP contribution < -0.4 is 0 Å². The maximum absolute atomic E-state index is 10.3. The van der Waals surface area contributed by atoms with E-state index < -0.39 is 11.9 Å². The molecule has 0 rings (SSSR count). The number of hydrogen-bond acceptors (Lipinski definition) is 2. The number of carboxylic acid groups (broad SMARTS) is 2. The van der Waals surface area contributed by atoms with Gasteiger partial charge in [0.25, 0.3) is 0 Å². The fourth-order valence-electron chi connectivity index (χ4n) is 1.23. The molecule has 24 heavy (non-hydrogen) atoms. The van der Waals surface area contributed by atoms with Crippen LogP contribution in [0.5, 0.6) is 0 Å². The van der Waals surface area contributed by atoms with Crippen molar-refractivity contribution in [1.29, 1.82) is 0 Å². The average Bonchev–Trinajstić information content (AvgIpc) is 2.53. The van der Waals surface area contributed by atoms with Gasteiger partial charge in [0.15, 0.2) is 0 Å². The SMILES string of the molecule is O=C(O)C=C=C=C=C=C=C=CCC=CCC=CCC=CCC(=O)O. The molecule has 0 aromatic heterocycles. The van der Waals surface area contributed by atoms with E-state index in [2.05, 4.69) is 34.4 Å². The quantitative estimate of drug-likeness (QED) is 0.384. The van der Waals surface area contributed by atoms with Crippen molar-refractivity contribution in [1.82, 2.24) is 0 Å². The second kappa shape index (κ2) is 16.0. The van der Waals surface area contributed by atoms with Crippen molar-refractivity contribution in [2.75, 3.05) is 0 Å². The van der Waals surface area contributed by atoms with Crippen LogP contribution in [0.3, 0.4) is 0 Å². The van der Waals surface area contributed by atoms with Crippen LogP contribution in [0.25, 0.3) is 0 Å². The maximum Gasteiger partial charge on any atom is 0.336 e. The molecule has 0 aliphatic heterocycles. The summed E-state index contributed by atoms with van der Waals surface area (Å²) >= 11 is 0. The Morgan fingerprint density at radius 1 is 0.708 bits per heavy atom. The molecule has 0 unspecified atom stereocenters. The van der Waals surface area contributed by atoms with E-state index in [-0.39, 0.29) is 6.42 Å². The van der Waals surface area contributed by atoms with E-state index in [1.807, 2.05) is 30.4 Å². The Balaban J connectivity index is 4.09. The monoisotopic (exact) mass is 322 g/mol. The molecule has 4 nitrogen and oxygen atoms in total. The minimum absolute atomic E-state index is 0.0579. The van der Waals surface area contributed by atoms with Gasteiger partial charge in [-0.15, -0.1) is 0 Å². The highest BCUT2D eigenvalue weighted by Gasteiger charge is 1.87. The predicted octanol–water partition coefficient (Wildman–Crippen LogP) is 3.87. The first kappa shape index (κ1) is 20.6. The van der Waals surface area contributed by atoms with Crippen LogP contribution >= 0.6 is 0 Å². The third kappa shape index (κ3) is 18.6. The fraction of sp³-hybridized carbons (Fsp3) is 0.200. The maximum atomic E-state index is 10.3. The van der Waals surface area contributed by atoms with Gasteiger partial charge in [-0.3, -0.25) is 4.79 Å². The van der Waals surface area contributed by atoms with Gasteiger partial charge in [0.05, 0.1) is 12.5 Å². The Morgan fingerprint density at radius 2 is 1.25 bits per heavy atom. The first-order chi connectivity index (χ1) is 11.6. The number of aliphatic carboxylic acids is 2. The minimum Gasteiger partial charge on any atom is -0.481 e. The van der Waals surface area contributed by atoms with Crippen LogP contribution in [0.2, 0.25) is 0 Å². The largest absolute Gasteiger partial charge is 0.481 e. The van der Waals surface area contributed by atoms with E-state index in [0.717, 1.165) is 18.9 Å². The summed E-state index contributed by atoms with van der Waals surface area (Å²) in [5.41, 5.74) is 14.9. The van der Waals surface area contributed by atoms with E-state index in [1.54, 1.807) is 12.2 Å². The molecule has 2 N–H and O–H groups in total. The summed E-state index contributed by atoms with van der Waals surface area (Å²) in [5, 5.41) is 16.7. The molecule has 0 saturated heterocycles. The van der Waals surface area contributed by atoms with Gasteiger partial charge >= 0.3 is 11.9 Å². The summed E-state index contributed by atoms with van der Waals surface area (Å²) in [6.45, 7) is 0. The summed E-state index contributed by atoms with van der Waals surface area (Å²) < 4.78 is 0. The van der Waals surface area contributed by atoms with Crippen molar-refractivity contribution >= 4 is 11.9 Å². The Morgan fingerprint density at radius 3 is 1.83 bits per heavy atom. The van der Waals surface area contributed by atoms with Gasteiger partial charge in [0.1, 0.15) is 0 Å². The van der Waals surface area contributed by atoms with E-state index >= 15 is 0 Å². The zero-order chi connectivity index (χ0) is 17.9. The Hall–Kier alpha value is -3.42. The minimum atomic E-state index is -1.10. The van der Waals surface area contributed by atoms with Crippen LogP contribution in [0.4, 0.5) is 0 Å². The molecule has 0 saturated carbocycles. The second-order valence-electron chi connectivity index (χ2n) is 4.19. The summed E-state index contributed by atoms with van der Waals surface area (Å²) in [6.07, 6.45) is 16.3. The number of carboxylic acids is 2. The van der Waals surface area contributed by atoms with Crippen LogP contribution in [0, 0.1) is 0 Å². The number of hydrogen-bond donors (Lipinski definition) is 2. The molecule has 0 heterocycles. The van der Waals surface area contributed by atoms with E-state index in [1.165, 1.54) is 0 Å². The van der Waals surface area contributed by atoms with Gasteiger partial charge in [-0.1, -0.05) is 47.9 Å². The second-order valence-corrected chi connectivity index (χ2v) is 4.19.